The third-order valence-electron chi connectivity index (χ3n) is 6.17. The van der Waals surface area contributed by atoms with E-state index in [9.17, 15) is 9.18 Å². The molecular formula is C21H19ClFN5O2. The molecule has 5 rings (SSSR count). The molecule has 30 heavy (non-hydrogen) atoms. The van der Waals surface area contributed by atoms with Crippen LogP contribution in [0, 0.1) is 11.2 Å². The van der Waals surface area contributed by atoms with Crippen molar-refractivity contribution in [1.29, 1.82) is 0 Å². The molecule has 2 N–H and O–H groups in total. The Balaban J connectivity index is 1.26. The molecule has 0 radical (unpaired) electrons. The van der Waals surface area contributed by atoms with Gasteiger partial charge in [-0.15, -0.1) is 10.2 Å². The van der Waals surface area contributed by atoms with E-state index in [1.54, 1.807) is 18.2 Å². The molecule has 1 aromatic carbocycles. The van der Waals surface area contributed by atoms with Crippen LogP contribution in [0.1, 0.15) is 41.4 Å². The molecule has 2 aromatic heterocycles. The van der Waals surface area contributed by atoms with Crippen LogP contribution in [0.25, 0.3) is 11.5 Å². The number of pyridine rings is 1. The first-order chi connectivity index (χ1) is 14.4. The zero-order valence-electron chi connectivity index (χ0n) is 16.0. The average molecular weight is 428 g/mol. The molecule has 1 aliphatic heterocycles. The van der Waals surface area contributed by atoms with Gasteiger partial charge in [0.2, 0.25) is 17.7 Å². The van der Waals surface area contributed by atoms with Gasteiger partial charge in [-0.25, -0.2) is 9.37 Å². The van der Waals surface area contributed by atoms with E-state index in [0.717, 1.165) is 32.4 Å². The van der Waals surface area contributed by atoms with Crippen LogP contribution in [0.4, 0.5) is 10.2 Å². The minimum Gasteiger partial charge on any atom is -0.420 e. The highest BCUT2D eigenvalue weighted by Gasteiger charge is 2.58. The summed E-state index contributed by atoms with van der Waals surface area (Å²) >= 11 is 6.32. The van der Waals surface area contributed by atoms with Crippen molar-refractivity contribution in [2.75, 3.05) is 18.0 Å². The first kappa shape index (κ1) is 19.0. The Morgan fingerprint density at radius 3 is 2.77 bits per heavy atom. The summed E-state index contributed by atoms with van der Waals surface area (Å²) in [6.07, 6.45) is 4.35. The zero-order valence-corrected chi connectivity index (χ0v) is 16.8. The lowest BCUT2D eigenvalue weighted by Crippen LogP contribution is -2.35. The summed E-state index contributed by atoms with van der Waals surface area (Å²) in [5, 5.41) is 8.75. The molecular weight excluding hydrogens is 409 g/mol. The fourth-order valence-electron chi connectivity index (χ4n) is 4.32. The predicted molar refractivity (Wildman–Crippen MR) is 109 cm³/mol. The van der Waals surface area contributed by atoms with Crippen molar-refractivity contribution in [3.05, 3.63) is 58.8 Å². The number of amides is 1. The monoisotopic (exact) mass is 427 g/mol. The standard InChI is InChI=1S/C21H19ClFN5O2/c22-16-9-13(17(24)29)11-25-18(16)28-6-4-21(5-7-28)10-15(21)20-27-26-19(30-20)12-2-1-3-14(23)8-12/h1-3,8-9,11,15H,4-7,10H2,(H2,24,29)/t15-/m1/s1. The minimum atomic E-state index is -0.550. The van der Waals surface area contributed by atoms with Crippen LogP contribution in [-0.2, 0) is 0 Å². The van der Waals surface area contributed by atoms with Gasteiger partial charge >= 0.3 is 0 Å². The van der Waals surface area contributed by atoms with E-state index < -0.39 is 5.91 Å². The van der Waals surface area contributed by atoms with E-state index in [-0.39, 0.29) is 17.2 Å². The summed E-state index contributed by atoms with van der Waals surface area (Å²) in [6, 6.07) is 7.70. The molecule has 1 aliphatic carbocycles. The molecule has 3 aromatic rings. The Kier molecular flexibility index (Phi) is 4.47. The van der Waals surface area contributed by atoms with Gasteiger partial charge in [0.05, 0.1) is 10.6 Å². The molecule has 1 saturated heterocycles. The molecule has 3 heterocycles. The lowest BCUT2D eigenvalue weighted by atomic mass is 9.90. The number of hydrogen-bond acceptors (Lipinski definition) is 6. The number of nitrogens with zero attached hydrogens (tertiary/aromatic N) is 4. The second kappa shape index (κ2) is 7.05. The molecule has 9 heteroatoms. The molecule has 0 unspecified atom stereocenters. The van der Waals surface area contributed by atoms with Crippen LogP contribution in [0.5, 0.6) is 0 Å². The Morgan fingerprint density at radius 1 is 1.27 bits per heavy atom. The van der Waals surface area contributed by atoms with E-state index in [2.05, 4.69) is 20.1 Å². The van der Waals surface area contributed by atoms with Gasteiger partial charge in [0.15, 0.2) is 0 Å². The maximum absolute atomic E-state index is 13.5. The van der Waals surface area contributed by atoms with Crippen molar-refractivity contribution in [2.45, 2.75) is 25.2 Å². The Labute approximate surface area is 177 Å². The van der Waals surface area contributed by atoms with Gasteiger partial charge in [-0.3, -0.25) is 4.79 Å². The van der Waals surface area contributed by atoms with E-state index in [0.29, 0.717) is 33.7 Å². The summed E-state index contributed by atoms with van der Waals surface area (Å²) in [7, 11) is 0. The number of anilines is 1. The largest absolute Gasteiger partial charge is 0.420 e. The number of rotatable bonds is 4. The number of hydrogen-bond donors (Lipinski definition) is 1. The predicted octanol–water partition coefficient (Wildman–Crippen LogP) is 3.80. The lowest BCUT2D eigenvalue weighted by molar-refractivity contribution is 0.1000. The topological polar surface area (TPSA) is 98.1 Å². The lowest BCUT2D eigenvalue weighted by Gasteiger charge is -2.34. The minimum absolute atomic E-state index is 0.141. The Bertz CT molecular complexity index is 1130. The number of carbonyl (C=O) groups excluding carboxylic acids is 1. The third kappa shape index (κ3) is 3.31. The highest BCUT2D eigenvalue weighted by atomic mass is 35.5. The molecule has 154 valence electrons. The number of carbonyl (C=O) groups is 1. The highest BCUT2D eigenvalue weighted by molar-refractivity contribution is 6.33. The molecule has 0 bridgehead atoms. The zero-order chi connectivity index (χ0) is 20.9. The SMILES string of the molecule is NC(=O)c1cnc(N2CCC3(CC2)C[C@@H]3c2nnc(-c3cccc(F)c3)o2)c(Cl)c1. The van der Waals surface area contributed by atoms with E-state index in [4.69, 9.17) is 21.8 Å². The van der Waals surface area contributed by atoms with Crippen LogP contribution in [0.15, 0.2) is 40.9 Å². The maximum Gasteiger partial charge on any atom is 0.250 e. The second-order valence-electron chi connectivity index (χ2n) is 7.96. The number of halogens is 2. The molecule has 1 spiro atoms. The third-order valence-corrected chi connectivity index (χ3v) is 6.44. The maximum atomic E-state index is 13.5. The summed E-state index contributed by atoms with van der Waals surface area (Å²) in [6.45, 7) is 1.59. The van der Waals surface area contributed by atoms with Gasteiger partial charge < -0.3 is 15.1 Å². The molecule has 2 aliphatic rings. The molecule has 2 fully saturated rings. The Morgan fingerprint density at radius 2 is 2.07 bits per heavy atom. The van der Waals surface area contributed by atoms with Crippen molar-refractivity contribution >= 4 is 23.3 Å². The van der Waals surface area contributed by atoms with E-state index in [1.165, 1.54) is 18.3 Å². The first-order valence-corrected chi connectivity index (χ1v) is 10.1. The van der Waals surface area contributed by atoms with Crippen molar-refractivity contribution in [1.82, 2.24) is 15.2 Å². The van der Waals surface area contributed by atoms with Gasteiger partial charge in [0, 0.05) is 30.8 Å². The first-order valence-electron chi connectivity index (χ1n) is 9.75. The highest BCUT2D eigenvalue weighted by Crippen LogP contribution is 2.64. The van der Waals surface area contributed by atoms with Crippen molar-refractivity contribution in [2.24, 2.45) is 11.1 Å². The van der Waals surface area contributed by atoms with Gasteiger partial charge in [0.25, 0.3) is 0 Å². The van der Waals surface area contributed by atoms with Gasteiger partial charge in [-0.1, -0.05) is 17.7 Å². The van der Waals surface area contributed by atoms with E-state index >= 15 is 0 Å². The normalized spacial score (nSPS) is 19.8. The van der Waals surface area contributed by atoms with Gasteiger partial charge in [0.1, 0.15) is 11.6 Å². The fourth-order valence-corrected chi connectivity index (χ4v) is 4.61. The van der Waals surface area contributed by atoms with Gasteiger partial charge in [-0.05, 0) is 48.9 Å². The number of piperidine rings is 1. The van der Waals surface area contributed by atoms with Crippen molar-refractivity contribution in [3.63, 3.8) is 0 Å². The summed E-state index contributed by atoms with van der Waals surface area (Å²) in [5.41, 5.74) is 6.30. The molecule has 1 saturated carbocycles. The fraction of sp³-hybridized carbons (Fsp3) is 0.333. The second-order valence-corrected chi connectivity index (χ2v) is 8.36. The smallest absolute Gasteiger partial charge is 0.250 e. The molecule has 7 nitrogen and oxygen atoms in total. The number of benzene rings is 1. The van der Waals surface area contributed by atoms with Crippen LogP contribution in [-0.4, -0.2) is 34.2 Å². The van der Waals surface area contributed by atoms with Gasteiger partial charge in [-0.2, -0.15) is 0 Å². The number of primary amides is 1. The quantitative estimate of drug-likeness (QED) is 0.680. The van der Waals surface area contributed by atoms with Crippen LogP contribution < -0.4 is 10.6 Å². The summed E-state index contributed by atoms with van der Waals surface area (Å²) in [4.78, 5) is 17.7. The van der Waals surface area contributed by atoms with E-state index in [1.807, 2.05) is 0 Å². The van der Waals surface area contributed by atoms with Crippen LogP contribution in [0.2, 0.25) is 5.02 Å². The Hall–Kier alpha value is -3.00. The number of nitrogens with two attached hydrogens (primary N) is 1. The average Bonchev–Trinajstić information content (AvgIpc) is 3.20. The molecule has 1 atom stereocenters. The van der Waals surface area contributed by atoms with Crippen LogP contribution >= 0.6 is 11.6 Å². The van der Waals surface area contributed by atoms with Crippen molar-refractivity contribution < 1.29 is 13.6 Å². The number of aromatic nitrogens is 3. The summed E-state index contributed by atoms with van der Waals surface area (Å²) < 4.78 is 19.3. The summed E-state index contributed by atoms with van der Waals surface area (Å²) in [5.74, 6) is 0.958. The molecule has 1 amide bonds. The van der Waals surface area contributed by atoms with Crippen molar-refractivity contribution in [3.8, 4) is 11.5 Å². The van der Waals surface area contributed by atoms with Crippen LogP contribution in [0.3, 0.4) is 0 Å².